The van der Waals surface area contributed by atoms with Crippen LogP contribution in [0, 0.1) is 0 Å². The van der Waals surface area contributed by atoms with Gasteiger partial charge in [-0.15, -0.1) is 0 Å². The number of amides is 1. The molecule has 14 heteroatoms. The second kappa shape index (κ2) is 40.1. The molecule has 0 aliphatic carbocycles. The molecular weight excluding hydrogens is 839 g/mol. The van der Waals surface area contributed by atoms with Gasteiger partial charge in [0.05, 0.1) is 25.4 Å². The normalized spacial score (nSPS) is 21.2. The third-order valence-electron chi connectivity index (χ3n) is 11.7. The maximum absolute atomic E-state index is 13.1. The molecular formula is C50H91NO12S. The van der Waals surface area contributed by atoms with E-state index < -0.39 is 78.5 Å². The summed E-state index contributed by atoms with van der Waals surface area (Å²) in [7, 11) is -5.13. The summed E-state index contributed by atoms with van der Waals surface area (Å²) in [6, 6.07) is -1.15. The van der Waals surface area contributed by atoms with E-state index >= 15 is 0 Å². The second-order valence-electron chi connectivity index (χ2n) is 17.5. The predicted molar refractivity (Wildman–Crippen MR) is 256 cm³/mol. The number of aliphatic hydroxyl groups is 5. The molecule has 0 aromatic heterocycles. The molecule has 64 heavy (non-hydrogen) atoms. The van der Waals surface area contributed by atoms with E-state index in [9.17, 15) is 43.3 Å². The first-order chi connectivity index (χ1) is 30.9. The molecule has 1 fully saturated rings. The zero-order valence-corrected chi connectivity index (χ0v) is 40.5. The Morgan fingerprint density at radius 1 is 0.625 bits per heavy atom. The predicted octanol–water partition coefficient (Wildman–Crippen LogP) is 9.41. The fourth-order valence-corrected chi connectivity index (χ4v) is 8.17. The van der Waals surface area contributed by atoms with Crippen molar-refractivity contribution in [2.75, 3.05) is 13.2 Å². The lowest BCUT2D eigenvalue weighted by Crippen LogP contribution is -2.61. The highest BCUT2D eigenvalue weighted by atomic mass is 32.3. The van der Waals surface area contributed by atoms with Gasteiger partial charge in [-0.25, -0.2) is 4.18 Å². The zero-order chi connectivity index (χ0) is 47.1. The molecule has 0 aromatic carbocycles. The standard InChI is InChI=1S/C50H91NO12S/c1-3-5-7-9-11-13-15-17-18-19-20-21-22-23-24-25-27-29-31-33-35-37-39-44(54)49(57)51-42(43(53)38-36-34-32-30-28-26-16-14-12-10-8-6-4-2)41-61-50-47(56)48(63-64(58,59)60)46(55)45(40-52)62-50/h12,14,23-24,28,30,36,38,42-48,50,52-56H,3-11,13,15-22,25-27,29,31-35,37,39-41H2,1-2H3,(H,51,57)(H,58,59,60)/b14-12+,24-23-,30-28+,38-36+. The van der Waals surface area contributed by atoms with Crippen molar-refractivity contribution in [2.45, 2.75) is 249 Å². The monoisotopic (exact) mass is 930 g/mol. The van der Waals surface area contributed by atoms with E-state index in [0.29, 0.717) is 12.8 Å². The quantitative estimate of drug-likeness (QED) is 0.0173. The summed E-state index contributed by atoms with van der Waals surface area (Å²) >= 11 is 0. The van der Waals surface area contributed by atoms with Gasteiger partial charge in [-0.1, -0.05) is 178 Å². The molecule has 0 saturated carbocycles. The Kier molecular flexibility index (Phi) is 37.6. The van der Waals surface area contributed by atoms with Gasteiger partial charge in [0.15, 0.2) is 6.29 Å². The van der Waals surface area contributed by atoms with Crippen molar-refractivity contribution in [1.82, 2.24) is 5.32 Å². The fourth-order valence-electron chi connectivity index (χ4n) is 7.66. The molecule has 1 rings (SSSR count). The second-order valence-corrected chi connectivity index (χ2v) is 18.6. The van der Waals surface area contributed by atoms with E-state index in [0.717, 1.165) is 70.6 Å². The third kappa shape index (κ3) is 31.9. The van der Waals surface area contributed by atoms with Gasteiger partial charge in [-0.2, -0.15) is 8.42 Å². The number of nitrogens with one attached hydrogen (secondary N) is 1. The van der Waals surface area contributed by atoms with Gasteiger partial charge < -0.3 is 40.3 Å². The van der Waals surface area contributed by atoms with Crippen LogP contribution < -0.4 is 5.32 Å². The Morgan fingerprint density at radius 3 is 1.53 bits per heavy atom. The number of allylic oxidation sites excluding steroid dienone is 7. The summed E-state index contributed by atoms with van der Waals surface area (Å²) in [4.78, 5) is 13.1. The summed E-state index contributed by atoms with van der Waals surface area (Å²) < 4.78 is 47.5. The molecule has 0 bridgehead atoms. The average molecular weight is 930 g/mol. The van der Waals surface area contributed by atoms with Crippen LogP contribution in [0.5, 0.6) is 0 Å². The van der Waals surface area contributed by atoms with E-state index in [-0.39, 0.29) is 6.42 Å². The first kappa shape index (κ1) is 60.0. The number of rotatable bonds is 42. The lowest BCUT2D eigenvalue weighted by atomic mass is 9.99. The molecule has 0 radical (unpaired) electrons. The average Bonchev–Trinajstić information content (AvgIpc) is 3.27. The molecule has 1 aliphatic heterocycles. The molecule has 8 atom stereocenters. The molecule has 7 N–H and O–H groups in total. The first-order valence-electron chi connectivity index (χ1n) is 25.1. The maximum Gasteiger partial charge on any atom is 0.397 e. The minimum atomic E-state index is -5.13. The molecule has 8 unspecified atom stereocenters. The van der Waals surface area contributed by atoms with E-state index in [1.807, 2.05) is 0 Å². The maximum atomic E-state index is 13.1. The van der Waals surface area contributed by atoms with E-state index in [2.05, 4.69) is 59.8 Å². The Labute approximate surface area is 388 Å². The number of hydrogen-bond acceptors (Lipinski definition) is 11. The van der Waals surface area contributed by atoms with Crippen molar-refractivity contribution in [3.05, 3.63) is 48.6 Å². The summed E-state index contributed by atoms with van der Waals surface area (Å²) in [5, 5.41) is 55.2. The summed E-state index contributed by atoms with van der Waals surface area (Å²) in [6.45, 7) is 3.16. The van der Waals surface area contributed by atoms with Crippen LogP contribution in [0.4, 0.5) is 0 Å². The Bertz CT molecular complexity index is 1340. The third-order valence-corrected chi connectivity index (χ3v) is 12.1. The van der Waals surface area contributed by atoms with Crippen molar-refractivity contribution in [3.63, 3.8) is 0 Å². The SMILES string of the molecule is CCCCC/C=C/CC/C=C/CC/C=C/C(O)C(COC1OC(CO)C(O)C(OS(=O)(=O)O)C1O)NC(=O)C(O)CCCCCCCC/C=C\CCCCCCCCCCCCCC. The van der Waals surface area contributed by atoms with E-state index in [1.54, 1.807) is 6.08 Å². The molecule has 1 heterocycles. The van der Waals surface area contributed by atoms with Crippen LogP contribution >= 0.6 is 0 Å². The fraction of sp³-hybridized carbons (Fsp3) is 0.820. The lowest BCUT2D eigenvalue weighted by molar-refractivity contribution is -0.298. The summed E-state index contributed by atoms with van der Waals surface area (Å²) in [6.07, 6.45) is 37.7. The number of carbonyl (C=O) groups excluding carboxylic acids is 1. The first-order valence-corrected chi connectivity index (χ1v) is 26.5. The van der Waals surface area contributed by atoms with Gasteiger partial charge in [-0.05, 0) is 70.6 Å². The largest absolute Gasteiger partial charge is 0.397 e. The van der Waals surface area contributed by atoms with Crippen LogP contribution in [-0.2, 0) is 28.9 Å². The Morgan fingerprint density at radius 2 is 1.05 bits per heavy atom. The number of unbranched alkanes of at least 4 members (excludes halogenated alkanes) is 23. The molecule has 0 aromatic rings. The molecule has 1 amide bonds. The molecule has 1 aliphatic rings. The zero-order valence-electron chi connectivity index (χ0n) is 39.7. The summed E-state index contributed by atoms with van der Waals surface area (Å²) in [5.74, 6) is -0.722. The van der Waals surface area contributed by atoms with Crippen LogP contribution in [0.25, 0.3) is 0 Å². The van der Waals surface area contributed by atoms with Gasteiger partial charge in [0.25, 0.3) is 0 Å². The van der Waals surface area contributed by atoms with Crippen LogP contribution in [0.3, 0.4) is 0 Å². The van der Waals surface area contributed by atoms with Gasteiger partial charge >= 0.3 is 10.4 Å². The van der Waals surface area contributed by atoms with E-state index in [4.69, 9.17) is 9.47 Å². The number of carbonyl (C=O) groups is 1. The van der Waals surface area contributed by atoms with Crippen molar-refractivity contribution >= 4 is 16.3 Å². The summed E-state index contributed by atoms with van der Waals surface area (Å²) in [5.41, 5.74) is 0. The van der Waals surface area contributed by atoms with Crippen LogP contribution in [0.1, 0.15) is 200 Å². The minimum Gasteiger partial charge on any atom is -0.394 e. The minimum absolute atomic E-state index is 0.226. The molecule has 1 saturated heterocycles. The van der Waals surface area contributed by atoms with Gasteiger partial charge in [0.1, 0.15) is 30.5 Å². The van der Waals surface area contributed by atoms with Crippen molar-refractivity contribution in [1.29, 1.82) is 0 Å². The topological polar surface area (TPSA) is 212 Å². The van der Waals surface area contributed by atoms with Gasteiger partial charge in [-0.3, -0.25) is 9.35 Å². The van der Waals surface area contributed by atoms with Gasteiger partial charge in [0.2, 0.25) is 5.91 Å². The van der Waals surface area contributed by atoms with Crippen molar-refractivity contribution < 1.29 is 57.0 Å². The highest BCUT2D eigenvalue weighted by Crippen LogP contribution is 2.26. The lowest BCUT2D eigenvalue weighted by Gasteiger charge is -2.41. The Balaban J connectivity index is 2.51. The number of hydrogen-bond donors (Lipinski definition) is 7. The highest BCUT2D eigenvalue weighted by Gasteiger charge is 2.48. The number of ether oxygens (including phenoxy) is 2. The van der Waals surface area contributed by atoms with E-state index in [1.165, 1.54) is 102 Å². The van der Waals surface area contributed by atoms with Crippen molar-refractivity contribution in [3.8, 4) is 0 Å². The molecule has 13 nitrogen and oxygen atoms in total. The Hall–Kier alpha value is -1.98. The van der Waals surface area contributed by atoms with Crippen LogP contribution in [0.15, 0.2) is 48.6 Å². The van der Waals surface area contributed by atoms with Gasteiger partial charge in [0, 0.05) is 0 Å². The van der Waals surface area contributed by atoms with Crippen LogP contribution in [-0.4, -0.2) is 107 Å². The number of aliphatic hydroxyl groups excluding tert-OH is 5. The molecule has 374 valence electrons. The van der Waals surface area contributed by atoms with Crippen LogP contribution in [0.2, 0.25) is 0 Å². The smallest absolute Gasteiger partial charge is 0.394 e. The molecule has 0 spiro atoms. The highest BCUT2D eigenvalue weighted by molar-refractivity contribution is 7.80. The van der Waals surface area contributed by atoms with Crippen molar-refractivity contribution in [2.24, 2.45) is 0 Å².